The number of benzene rings is 2. The van der Waals surface area contributed by atoms with Crippen molar-refractivity contribution in [2.45, 2.75) is 19.9 Å². The highest BCUT2D eigenvalue weighted by molar-refractivity contribution is 5.94. The van der Waals surface area contributed by atoms with Gasteiger partial charge >= 0.3 is 0 Å². The predicted molar refractivity (Wildman–Crippen MR) is 108 cm³/mol. The second-order valence-corrected chi connectivity index (χ2v) is 7.73. The van der Waals surface area contributed by atoms with Crippen molar-refractivity contribution in [1.82, 2.24) is 9.80 Å². The number of amides is 1. The van der Waals surface area contributed by atoms with Crippen molar-refractivity contribution >= 4 is 18.3 Å². The smallest absolute Gasteiger partial charge is 0.253 e. The van der Waals surface area contributed by atoms with Crippen LogP contribution in [0.2, 0.25) is 0 Å². The zero-order valence-corrected chi connectivity index (χ0v) is 16.5. The van der Waals surface area contributed by atoms with E-state index in [0.29, 0.717) is 17.9 Å². The Morgan fingerprint density at radius 1 is 0.962 bits per heavy atom. The molecule has 4 rings (SSSR count). The van der Waals surface area contributed by atoms with E-state index in [1.807, 2.05) is 12.1 Å². The summed E-state index contributed by atoms with van der Waals surface area (Å²) >= 11 is 0. The van der Waals surface area contributed by atoms with Crippen LogP contribution in [0.15, 0.2) is 48.5 Å². The molecule has 2 aromatic carbocycles. The van der Waals surface area contributed by atoms with Gasteiger partial charge in [0, 0.05) is 37.2 Å². The standard InChI is InChI=1S/C22H26N2O.ClH/c1-15-9-10-18(11-16(15)2)22(25)24-13-19-12-23(3)21(20(19)14-24)17-7-5-4-6-8-17;/h4-11,19-21H,12-14H2,1-3H3;1H/t19-,20+,21-;/m0./s1. The minimum Gasteiger partial charge on any atom is -0.338 e. The van der Waals surface area contributed by atoms with Crippen LogP contribution in [0.5, 0.6) is 0 Å². The number of fused-ring (bicyclic) bond motifs is 1. The maximum atomic E-state index is 13.0. The zero-order valence-electron chi connectivity index (χ0n) is 15.7. The van der Waals surface area contributed by atoms with Gasteiger partial charge in [-0.25, -0.2) is 0 Å². The van der Waals surface area contributed by atoms with Crippen LogP contribution < -0.4 is 0 Å². The lowest BCUT2D eigenvalue weighted by molar-refractivity contribution is 0.0767. The Morgan fingerprint density at radius 2 is 1.69 bits per heavy atom. The fourth-order valence-electron chi connectivity index (χ4n) is 4.63. The molecule has 0 saturated carbocycles. The molecule has 2 saturated heterocycles. The maximum Gasteiger partial charge on any atom is 0.253 e. The number of halogens is 1. The Morgan fingerprint density at radius 3 is 2.38 bits per heavy atom. The van der Waals surface area contributed by atoms with Crippen LogP contribution in [0.25, 0.3) is 0 Å². The molecule has 0 spiro atoms. The molecule has 3 nitrogen and oxygen atoms in total. The molecule has 2 aromatic rings. The van der Waals surface area contributed by atoms with Gasteiger partial charge in [-0.05, 0) is 55.6 Å². The molecule has 2 aliphatic rings. The lowest BCUT2D eigenvalue weighted by Gasteiger charge is -2.27. The molecule has 3 atom stereocenters. The van der Waals surface area contributed by atoms with Crippen LogP contribution >= 0.6 is 12.4 Å². The number of likely N-dealkylation sites (tertiary alicyclic amines) is 2. The van der Waals surface area contributed by atoms with Gasteiger partial charge in [-0.2, -0.15) is 0 Å². The highest BCUT2D eigenvalue weighted by Crippen LogP contribution is 2.44. The average molecular weight is 371 g/mol. The largest absolute Gasteiger partial charge is 0.338 e. The summed E-state index contributed by atoms with van der Waals surface area (Å²) in [4.78, 5) is 17.5. The summed E-state index contributed by atoms with van der Waals surface area (Å²) in [5, 5.41) is 0. The lowest BCUT2D eigenvalue weighted by atomic mass is 9.90. The fraction of sp³-hybridized carbons (Fsp3) is 0.409. The molecular formula is C22H27ClN2O. The van der Waals surface area contributed by atoms with E-state index in [1.165, 1.54) is 16.7 Å². The second-order valence-electron chi connectivity index (χ2n) is 7.73. The summed E-state index contributed by atoms with van der Waals surface area (Å²) in [5.74, 6) is 1.29. The molecule has 4 heteroatoms. The summed E-state index contributed by atoms with van der Waals surface area (Å²) in [5.41, 5.74) is 4.62. The Bertz CT molecular complexity index is 792. The quantitative estimate of drug-likeness (QED) is 0.794. The van der Waals surface area contributed by atoms with Crippen molar-refractivity contribution in [3.05, 3.63) is 70.8 Å². The van der Waals surface area contributed by atoms with E-state index in [2.05, 4.69) is 67.1 Å². The summed E-state index contributed by atoms with van der Waals surface area (Å²) in [6, 6.07) is 17.2. The molecule has 26 heavy (non-hydrogen) atoms. The molecule has 2 heterocycles. The van der Waals surface area contributed by atoms with E-state index in [1.54, 1.807) is 0 Å². The first kappa shape index (κ1) is 18.9. The summed E-state index contributed by atoms with van der Waals surface area (Å²) in [6.45, 7) is 6.97. The number of carbonyl (C=O) groups excluding carboxylic acids is 1. The number of hydrogen-bond donors (Lipinski definition) is 0. The van der Waals surface area contributed by atoms with Crippen molar-refractivity contribution in [2.75, 3.05) is 26.7 Å². The van der Waals surface area contributed by atoms with Crippen molar-refractivity contribution in [2.24, 2.45) is 11.8 Å². The van der Waals surface area contributed by atoms with Crippen molar-refractivity contribution in [3.8, 4) is 0 Å². The second kappa shape index (κ2) is 7.42. The third-order valence-electron chi connectivity index (χ3n) is 6.08. The fourth-order valence-corrected chi connectivity index (χ4v) is 4.63. The van der Waals surface area contributed by atoms with Crippen LogP contribution in [0.1, 0.15) is 33.1 Å². The Labute approximate surface area is 162 Å². The topological polar surface area (TPSA) is 23.6 Å². The minimum absolute atomic E-state index is 0. The van der Waals surface area contributed by atoms with Crippen LogP contribution in [-0.2, 0) is 0 Å². The zero-order chi connectivity index (χ0) is 17.6. The van der Waals surface area contributed by atoms with Gasteiger partial charge in [-0.1, -0.05) is 36.4 Å². The third kappa shape index (κ3) is 3.26. The summed E-state index contributed by atoms with van der Waals surface area (Å²) < 4.78 is 0. The lowest BCUT2D eigenvalue weighted by Crippen LogP contribution is -2.33. The maximum absolute atomic E-state index is 13.0. The molecule has 0 bridgehead atoms. The summed E-state index contributed by atoms with van der Waals surface area (Å²) in [6.07, 6.45) is 0. The predicted octanol–water partition coefficient (Wildman–Crippen LogP) is 4.10. The minimum atomic E-state index is 0. The van der Waals surface area contributed by atoms with Gasteiger partial charge in [0.1, 0.15) is 0 Å². The molecule has 0 radical (unpaired) electrons. The normalized spacial score (nSPS) is 25.0. The number of hydrogen-bond acceptors (Lipinski definition) is 2. The highest BCUT2D eigenvalue weighted by Gasteiger charge is 2.47. The molecule has 0 N–H and O–H groups in total. The first-order valence-electron chi connectivity index (χ1n) is 9.16. The molecule has 2 aliphatic heterocycles. The monoisotopic (exact) mass is 370 g/mol. The highest BCUT2D eigenvalue weighted by atomic mass is 35.5. The van der Waals surface area contributed by atoms with Crippen molar-refractivity contribution < 1.29 is 4.79 Å². The Hall–Kier alpha value is -1.84. The van der Waals surface area contributed by atoms with E-state index >= 15 is 0 Å². The summed E-state index contributed by atoms with van der Waals surface area (Å²) in [7, 11) is 2.21. The average Bonchev–Trinajstić information content (AvgIpc) is 3.14. The SMILES string of the molecule is Cc1ccc(C(=O)N2C[C@@H]3CN(C)[C@@H](c4ccccc4)[C@@H]3C2)cc1C.Cl. The number of rotatable bonds is 2. The molecule has 0 aliphatic carbocycles. The van der Waals surface area contributed by atoms with E-state index in [0.717, 1.165) is 25.2 Å². The van der Waals surface area contributed by atoms with Gasteiger partial charge in [-0.3, -0.25) is 9.69 Å². The van der Waals surface area contributed by atoms with E-state index < -0.39 is 0 Å². The first-order valence-corrected chi connectivity index (χ1v) is 9.16. The van der Waals surface area contributed by atoms with Gasteiger partial charge in [0.15, 0.2) is 0 Å². The van der Waals surface area contributed by atoms with Crippen LogP contribution in [-0.4, -0.2) is 42.4 Å². The molecule has 0 unspecified atom stereocenters. The van der Waals surface area contributed by atoms with Gasteiger partial charge in [0.05, 0.1) is 0 Å². The molecular weight excluding hydrogens is 344 g/mol. The van der Waals surface area contributed by atoms with Crippen LogP contribution in [0, 0.1) is 25.7 Å². The Balaban J connectivity index is 0.00000196. The van der Waals surface area contributed by atoms with Crippen LogP contribution in [0.3, 0.4) is 0 Å². The molecule has 1 amide bonds. The van der Waals surface area contributed by atoms with Gasteiger partial charge in [-0.15, -0.1) is 12.4 Å². The number of nitrogens with zero attached hydrogens (tertiary/aromatic N) is 2. The van der Waals surface area contributed by atoms with Crippen molar-refractivity contribution in [1.29, 1.82) is 0 Å². The van der Waals surface area contributed by atoms with Crippen LogP contribution in [0.4, 0.5) is 0 Å². The van der Waals surface area contributed by atoms with Gasteiger partial charge < -0.3 is 4.90 Å². The number of carbonyl (C=O) groups is 1. The van der Waals surface area contributed by atoms with Gasteiger partial charge in [0.2, 0.25) is 0 Å². The van der Waals surface area contributed by atoms with E-state index in [9.17, 15) is 4.79 Å². The molecule has 0 aromatic heterocycles. The number of aryl methyl sites for hydroxylation is 2. The van der Waals surface area contributed by atoms with Gasteiger partial charge in [0.25, 0.3) is 5.91 Å². The Kier molecular flexibility index (Phi) is 5.40. The van der Waals surface area contributed by atoms with E-state index in [4.69, 9.17) is 0 Å². The first-order chi connectivity index (χ1) is 12.0. The van der Waals surface area contributed by atoms with E-state index in [-0.39, 0.29) is 18.3 Å². The molecule has 138 valence electrons. The van der Waals surface area contributed by atoms with Crippen molar-refractivity contribution in [3.63, 3.8) is 0 Å². The molecule has 2 fully saturated rings. The third-order valence-corrected chi connectivity index (χ3v) is 6.08.